The minimum atomic E-state index is -1.15. The van der Waals surface area contributed by atoms with E-state index in [1.54, 1.807) is 27.7 Å². The Morgan fingerprint density at radius 1 is 1.02 bits per heavy atom. The molecule has 0 saturated carbocycles. The number of aliphatic hydroxyl groups is 4. The Morgan fingerprint density at radius 2 is 1.65 bits per heavy atom. The molecule has 304 valence electrons. The largest absolute Gasteiger partial charge is 0.472 e. The van der Waals surface area contributed by atoms with Crippen LogP contribution in [0, 0.1) is 17.8 Å². The normalized spacial score (nSPS) is 38.9. The highest BCUT2D eigenvalue weighted by atomic mass is 16.7. The molecular formula is C38H70N2O12. The van der Waals surface area contributed by atoms with Crippen LogP contribution in [0.2, 0.25) is 0 Å². The molecule has 14 nitrogen and oxygen atoms in total. The minimum absolute atomic E-state index is 0.180. The fraction of sp³-hybridized carbons (Fsp3) is 0.947. The summed E-state index contributed by atoms with van der Waals surface area (Å²) in [6, 6.07) is -0.534. The molecule has 2 unspecified atom stereocenters. The smallest absolute Gasteiger partial charge is 0.311 e. The number of ether oxygens (including phenoxy) is 7. The third-order valence-corrected chi connectivity index (χ3v) is 11.5. The molecular weight excluding hydrogens is 676 g/mol. The lowest BCUT2D eigenvalue weighted by molar-refractivity contribution is -0.317. The molecule has 3 aliphatic rings. The van der Waals surface area contributed by atoms with E-state index < -0.39 is 90.2 Å². The maximum Gasteiger partial charge on any atom is 0.311 e. The number of hydrogen-bond acceptors (Lipinski definition) is 14. The Kier molecular flexibility index (Phi) is 15.9. The molecule has 2 fully saturated rings. The number of nitrogens with zero attached hydrogens (tertiary/aromatic N) is 2. The molecule has 0 bridgehead atoms. The molecule has 14 heteroatoms. The number of aliphatic hydroxyl groups excluding tert-OH is 4. The van der Waals surface area contributed by atoms with Gasteiger partial charge in [0.15, 0.2) is 18.5 Å². The fourth-order valence-electron chi connectivity index (χ4n) is 7.89. The summed E-state index contributed by atoms with van der Waals surface area (Å²) in [5.41, 5.74) is -2.14. The average Bonchev–Trinajstić information content (AvgIpc) is 3.07. The van der Waals surface area contributed by atoms with E-state index in [1.807, 2.05) is 60.5 Å². The molecule has 0 aromatic rings. The van der Waals surface area contributed by atoms with Crippen molar-refractivity contribution < 1.29 is 58.4 Å². The first kappa shape index (κ1) is 44.9. The number of aliphatic imine (C=N–C) groups is 1. The van der Waals surface area contributed by atoms with Crippen LogP contribution in [0.5, 0.6) is 0 Å². The zero-order valence-electron chi connectivity index (χ0n) is 34.0. The van der Waals surface area contributed by atoms with Crippen LogP contribution in [0.1, 0.15) is 102 Å². The molecule has 18 atom stereocenters. The van der Waals surface area contributed by atoms with Gasteiger partial charge in [0.1, 0.15) is 23.9 Å². The second-order valence-corrected chi connectivity index (χ2v) is 16.4. The Labute approximate surface area is 311 Å². The summed E-state index contributed by atoms with van der Waals surface area (Å²) >= 11 is 0. The second-order valence-electron chi connectivity index (χ2n) is 16.4. The van der Waals surface area contributed by atoms with Crippen LogP contribution in [0.15, 0.2) is 4.99 Å². The van der Waals surface area contributed by atoms with Crippen molar-refractivity contribution in [3.63, 3.8) is 0 Å². The molecule has 3 heterocycles. The molecule has 0 spiro atoms. The van der Waals surface area contributed by atoms with Gasteiger partial charge in [0.25, 0.3) is 0 Å². The highest BCUT2D eigenvalue weighted by molar-refractivity contribution is 5.80. The zero-order valence-corrected chi connectivity index (χ0v) is 34.0. The number of methoxy groups -OCH3 is 1. The maximum atomic E-state index is 13.8. The van der Waals surface area contributed by atoms with Crippen molar-refractivity contribution in [2.45, 2.75) is 193 Å². The molecule has 0 amide bonds. The molecule has 0 radical (unpaired) electrons. The van der Waals surface area contributed by atoms with E-state index in [1.165, 1.54) is 14.0 Å². The summed E-state index contributed by atoms with van der Waals surface area (Å²) in [6.07, 6.45) is -7.25. The van der Waals surface area contributed by atoms with E-state index in [9.17, 15) is 25.2 Å². The second kappa shape index (κ2) is 18.4. The predicted molar refractivity (Wildman–Crippen MR) is 195 cm³/mol. The molecule has 3 aliphatic heterocycles. The number of hydrogen-bond donors (Lipinski definition) is 4. The maximum absolute atomic E-state index is 13.8. The Balaban J connectivity index is 2.14. The van der Waals surface area contributed by atoms with Gasteiger partial charge in [-0.25, -0.2) is 0 Å². The lowest BCUT2D eigenvalue weighted by Crippen LogP contribution is -2.62. The van der Waals surface area contributed by atoms with Crippen molar-refractivity contribution in [3.8, 4) is 0 Å². The minimum Gasteiger partial charge on any atom is -0.472 e. The van der Waals surface area contributed by atoms with Crippen LogP contribution in [0.4, 0.5) is 0 Å². The summed E-state index contributed by atoms with van der Waals surface area (Å²) in [5.74, 6) is -2.32. The van der Waals surface area contributed by atoms with Gasteiger partial charge < -0.3 is 58.5 Å². The highest BCUT2D eigenvalue weighted by Crippen LogP contribution is 2.42. The van der Waals surface area contributed by atoms with E-state index in [4.69, 9.17) is 38.2 Å². The van der Waals surface area contributed by atoms with E-state index in [0.717, 1.165) is 0 Å². The van der Waals surface area contributed by atoms with Gasteiger partial charge in [-0.05, 0) is 82.3 Å². The van der Waals surface area contributed by atoms with Crippen LogP contribution in [-0.4, -0.2) is 149 Å². The first-order valence-corrected chi connectivity index (χ1v) is 19.1. The van der Waals surface area contributed by atoms with Gasteiger partial charge >= 0.3 is 5.97 Å². The number of likely N-dealkylation sites (N-methyl/N-ethyl adjacent to an activating group) is 1. The van der Waals surface area contributed by atoms with Gasteiger partial charge in [-0.15, -0.1) is 0 Å². The first-order chi connectivity index (χ1) is 24.1. The highest BCUT2D eigenvalue weighted by Gasteiger charge is 2.54. The first-order valence-electron chi connectivity index (χ1n) is 19.1. The van der Waals surface area contributed by atoms with Gasteiger partial charge in [-0.1, -0.05) is 20.8 Å². The van der Waals surface area contributed by atoms with E-state index >= 15 is 0 Å². The lowest BCUT2D eigenvalue weighted by Gasteiger charge is -2.50. The number of rotatable bonds is 16. The summed E-state index contributed by atoms with van der Waals surface area (Å²) in [6.45, 7) is 20.0. The number of esters is 1. The van der Waals surface area contributed by atoms with Crippen molar-refractivity contribution in [2.75, 3.05) is 21.2 Å². The van der Waals surface area contributed by atoms with Gasteiger partial charge in [0.2, 0.25) is 0 Å². The fourth-order valence-corrected chi connectivity index (χ4v) is 7.89. The third kappa shape index (κ3) is 10.4. The van der Waals surface area contributed by atoms with Crippen LogP contribution in [-0.2, 0) is 38.0 Å². The van der Waals surface area contributed by atoms with Crippen molar-refractivity contribution >= 4 is 11.9 Å². The van der Waals surface area contributed by atoms with Crippen LogP contribution >= 0.6 is 0 Å². The van der Waals surface area contributed by atoms with E-state index in [2.05, 4.69) is 0 Å². The van der Waals surface area contributed by atoms with E-state index in [0.29, 0.717) is 19.3 Å². The molecule has 52 heavy (non-hydrogen) atoms. The average molecular weight is 747 g/mol. The van der Waals surface area contributed by atoms with Crippen LogP contribution < -0.4 is 0 Å². The zero-order chi connectivity index (χ0) is 39.5. The standard InChI is InChI=1S/C38H70N2O12/c1-15-20(3)47-35(45)24(7)31(50-28-18-37(10,46-14)32(44)26(9)49-28)23(6)33(51-36-30(43)27(40(12)13)16-21(4)48-36)38(11)17-19(2)39-34(52-38)22(5)29(42)25(8)41/h19-33,36,41-44H,15-18H2,1-14H3/t19-,20+,21-,22-,23+,24-,25?,26+,27+,28+,29-,30-,31+,32+,33-,36+,37-,38?/m1/s1. The molecule has 0 aliphatic carbocycles. The Morgan fingerprint density at radius 3 is 2.21 bits per heavy atom. The molecule has 0 aromatic carbocycles. The van der Waals surface area contributed by atoms with Gasteiger partial charge in [0, 0.05) is 31.9 Å². The van der Waals surface area contributed by atoms with Gasteiger partial charge in [-0.3, -0.25) is 9.79 Å². The van der Waals surface area contributed by atoms with Crippen LogP contribution in [0.25, 0.3) is 0 Å². The SMILES string of the molecule is CC[C@H](C)OC(=O)[C@H](C)[C@@H](O[C@H]1C[C@@](C)(OC)[C@@H](O)[C@H](C)O1)[C@H](C)[C@@H](O[C@@H]1O[C@H](C)C[C@H](N(C)C)[C@H]1O)C1(C)C[C@@H](C)N=C([C@H](C)[C@@H](O)C(C)O)O1. The Hall–Kier alpha value is -1.46. The number of carbonyl (C=O) groups excluding carboxylic acids is 1. The third-order valence-electron chi connectivity index (χ3n) is 11.5. The van der Waals surface area contributed by atoms with Crippen LogP contribution in [0.3, 0.4) is 0 Å². The van der Waals surface area contributed by atoms with Crippen molar-refractivity contribution in [2.24, 2.45) is 22.7 Å². The summed E-state index contributed by atoms with van der Waals surface area (Å²) in [5, 5.41) is 43.6. The van der Waals surface area contributed by atoms with Gasteiger partial charge in [0.05, 0.1) is 60.1 Å². The van der Waals surface area contributed by atoms with Crippen molar-refractivity contribution in [3.05, 3.63) is 0 Å². The molecule has 3 rings (SSSR count). The van der Waals surface area contributed by atoms with Crippen molar-refractivity contribution in [1.82, 2.24) is 4.90 Å². The Bertz CT molecular complexity index is 1170. The monoisotopic (exact) mass is 746 g/mol. The van der Waals surface area contributed by atoms with E-state index in [-0.39, 0.29) is 36.6 Å². The molecule has 4 N–H and O–H groups in total. The topological polar surface area (TPSA) is 178 Å². The predicted octanol–water partition coefficient (Wildman–Crippen LogP) is 3.04. The molecule has 0 aromatic heterocycles. The summed E-state index contributed by atoms with van der Waals surface area (Å²) in [7, 11) is 5.33. The van der Waals surface area contributed by atoms with Crippen molar-refractivity contribution in [1.29, 1.82) is 0 Å². The molecule has 2 saturated heterocycles. The number of carbonyl (C=O) groups is 1. The van der Waals surface area contributed by atoms with Gasteiger partial charge in [-0.2, -0.15) is 0 Å². The quantitative estimate of drug-likeness (QED) is 0.170. The summed E-state index contributed by atoms with van der Waals surface area (Å²) in [4.78, 5) is 20.5. The lowest BCUT2D eigenvalue weighted by atomic mass is 9.78. The summed E-state index contributed by atoms with van der Waals surface area (Å²) < 4.78 is 44.5.